The summed E-state index contributed by atoms with van der Waals surface area (Å²) in [7, 11) is 1.82. The highest BCUT2D eigenvalue weighted by Crippen LogP contribution is 2.25. The van der Waals surface area contributed by atoms with Crippen LogP contribution in [0.3, 0.4) is 0 Å². The summed E-state index contributed by atoms with van der Waals surface area (Å²) >= 11 is 0. The molecule has 0 aliphatic carbocycles. The van der Waals surface area contributed by atoms with E-state index < -0.39 is 0 Å². The molecule has 3 N–H and O–H groups in total. The summed E-state index contributed by atoms with van der Waals surface area (Å²) in [6, 6.07) is 10.7. The second-order valence-corrected chi connectivity index (χ2v) is 7.72. The number of hydrogen-bond acceptors (Lipinski definition) is 3. The molecule has 0 saturated carbocycles. The zero-order valence-corrected chi connectivity index (χ0v) is 20.1. The first-order valence-corrected chi connectivity index (χ1v) is 10.5. The number of nitrogens with one attached hydrogen (secondary N) is 3. The maximum Gasteiger partial charge on any atom is 0.191 e. The number of nitrogens with zero attached hydrogens (tertiary/aromatic N) is 2. The van der Waals surface area contributed by atoms with Crippen molar-refractivity contribution in [3.8, 4) is 0 Å². The normalized spacial score (nSPS) is 15.9. The van der Waals surface area contributed by atoms with Crippen LogP contribution in [0, 0.1) is 6.92 Å². The molecule has 1 aliphatic heterocycles. The Morgan fingerprint density at radius 1 is 1.20 bits per heavy atom. The van der Waals surface area contributed by atoms with Crippen molar-refractivity contribution in [3.05, 3.63) is 59.7 Å². The third-order valence-corrected chi connectivity index (χ3v) is 5.84. The number of rotatable bonds is 7. The van der Waals surface area contributed by atoms with Crippen molar-refractivity contribution in [2.75, 3.05) is 33.2 Å². The van der Waals surface area contributed by atoms with Gasteiger partial charge in [0, 0.05) is 37.2 Å². The van der Waals surface area contributed by atoms with E-state index in [-0.39, 0.29) is 30.0 Å². The van der Waals surface area contributed by atoms with Gasteiger partial charge in [-0.25, -0.2) is 0 Å². The lowest BCUT2D eigenvalue weighted by molar-refractivity contribution is 0.215. The van der Waals surface area contributed by atoms with Crippen LogP contribution in [-0.2, 0) is 6.42 Å². The van der Waals surface area contributed by atoms with E-state index in [2.05, 4.69) is 62.9 Å². The van der Waals surface area contributed by atoms with Crippen LogP contribution in [0.5, 0.6) is 0 Å². The third kappa shape index (κ3) is 5.18. The van der Waals surface area contributed by atoms with Crippen molar-refractivity contribution in [2.45, 2.75) is 32.2 Å². The quantitative estimate of drug-likeness (QED) is 0.247. The Morgan fingerprint density at radius 3 is 2.77 bits per heavy atom. The number of fused-ring (bicyclic) bond motifs is 1. The molecule has 0 amide bonds. The number of hydrogen-bond donors (Lipinski definition) is 3. The molecule has 7 heteroatoms. The smallest absolute Gasteiger partial charge is 0.191 e. The summed E-state index contributed by atoms with van der Waals surface area (Å²) < 4.78 is 5.71. The van der Waals surface area contributed by atoms with E-state index in [1.807, 2.05) is 13.1 Å². The Labute approximate surface area is 195 Å². The molecular formula is C23H32IN5O. The van der Waals surface area contributed by atoms with Crippen LogP contribution < -0.4 is 10.6 Å². The van der Waals surface area contributed by atoms with Gasteiger partial charge in [0.2, 0.25) is 0 Å². The lowest BCUT2D eigenvalue weighted by atomic mass is 10.1. The molecule has 3 heterocycles. The molecule has 0 radical (unpaired) electrons. The summed E-state index contributed by atoms with van der Waals surface area (Å²) in [4.78, 5) is 10.3. The Balaban J connectivity index is 0.00000256. The molecule has 3 aromatic rings. The van der Waals surface area contributed by atoms with Crippen LogP contribution in [-0.4, -0.2) is 49.1 Å². The monoisotopic (exact) mass is 521 g/mol. The van der Waals surface area contributed by atoms with Crippen molar-refractivity contribution in [1.29, 1.82) is 0 Å². The average Bonchev–Trinajstić information content (AvgIpc) is 3.50. The highest BCUT2D eigenvalue weighted by molar-refractivity contribution is 14.0. The maximum atomic E-state index is 5.71. The second-order valence-electron chi connectivity index (χ2n) is 7.72. The largest absolute Gasteiger partial charge is 0.468 e. The van der Waals surface area contributed by atoms with Gasteiger partial charge in [-0.1, -0.05) is 18.2 Å². The van der Waals surface area contributed by atoms with Crippen molar-refractivity contribution in [1.82, 2.24) is 20.5 Å². The van der Waals surface area contributed by atoms with Gasteiger partial charge in [-0.2, -0.15) is 0 Å². The van der Waals surface area contributed by atoms with E-state index in [4.69, 9.17) is 4.42 Å². The first kappa shape index (κ1) is 22.7. The number of aliphatic imine (C=N–C) groups is 1. The van der Waals surface area contributed by atoms with Crippen molar-refractivity contribution >= 4 is 40.8 Å². The first-order chi connectivity index (χ1) is 14.3. The van der Waals surface area contributed by atoms with Gasteiger partial charge < -0.3 is 20.0 Å². The minimum absolute atomic E-state index is 0. The molecular weight excluding hydrogens is 489 g/mol. The average molecular weight is 521 g/mol. The van der Waals surface area contributed by atoms with Gasteiger partial charge in [0.05, 0.1) is 12.3 Å². The lowest BCUT2D eigenvalue weighted by Crippen LogP contribution is -2.43. The van der Waals surface area contributed by atoms with Gasteiger partial charge >= 0.3 is 0 Å². The van der Waals surface area contributed by atoms with Gasteiger partial charge in [-0.15, -0.1) is 24.0 Å². The van der Waals surface area contributed by atoms with Gasteiger partial charge in [-0.05, 0) is 62.5 Å². The van der Waals surface area contributed by atoms with Crippen LogP contribution in [0.4, 0.5) is 0 Å². The number of furan rings is 1. The molecule has 4 rings (SSSR count). The third-order valence-electron chi connectivity index (χ3n) is 5.84. The number of aromatic amines is 1. The summed E-state index contributed by atoms with van der Waals surface area (Å²) in [6.45, 7) is 6.00. The molecule has 1 saturated heterocycles. The van der Waals surface area contributed by atoms with Crippen LogP contribution in [0.15, 0.2) is 52.2 Å². The molecule has 1 aromatic carbocycles. The van der Waals surface area contributed by atoms with E-state index in [9.17, 15) is 0 Å². The molecule has 6 nitrogen and oxygen atoms in total. The molecule has 1 atom stereocenters. The summed E-state index contributed by atoms with van der Waals surface area (Å²) in [5, 5.41) is 8.25. The van der Waals surface area contributed by atoms with Gasteiger partial charge in [0.1, 0.15) is 5.76 Å². The molecule has 0 bridgehead atoms. The number of benzene rings is 1. The lowest BCUT2D eigenvalue weighted by Gasteiger charge is -2.26. The molecule has 1 aliphatic rings. The van der Waals surface area contributed by atoms with E-state index in [0.29, 0.717) is 0 Å². The van der Waals surface area contributed by atoms with E-state index >= 15 is 0 Å². The van der Waals surface area contributed by atoms with Gasteiger partial charge in [0.15, 0.2) is 5.96 Å². The predicted molar refractivity (Wildman–Crippen MR) is 134 cm³/mol. The molecule has 162 valence electrons. The van der Waals surface area contributed by atoms with Gasteiger partial charge in [-0.3, -0.25) is 9.89 Å². The molecule has 1 unspecified atom stereocenters. The Morgan fingerprint density at radius 2 is 2.03 bits per heavy atom. The zero-order valence-electron chi connectivity index (χ0n) is 17.8. The number of guanidine groups is 1. The van der Waals surface area contributed by atoms with E-state index in [0.717, 1.165) is 44.3 Å². The Hall–Kier alpha value is -2.00. The Bertz CT molecular complexity index is 944. The number of aromatic nitrogens is 1. The number of halogens is 1. The second kappa shape index (κ2) is 10.9. The molecule has 0 spiro atoms. The van der Waals surface area contributed by atoms with Crippen LogP contribution in [0.25, 0.3) is 10.9 Å². The van der Waals surface area contributed by atoms with E-state index in [1.165, 1.54) is 34.9 Å². The standard InChI is InChI=1S/C23H31N5O.HI/c1-17-7-5-8-19-18(15-26-22(17)19)10-11-25-23(24-2)27-16-20(21-9-6-14-29-21)28-12-3-4-13-28;/h5-9,14-15,20,26H,3-4,10-13,16H2,1-2H3,(H2,24,25,27);1H. The summed E-state index contributed by atoms with van der Waals surface area (Å²) in [5.74, 6) is 1.85. The number of likely N-dealkylation sites (tertiary alicyclic amines) is 1. The highest BCUT2D eigenvalue weighted by Gasteiger charge is 2.25. The fourth-order valence-corrected chi connectivity index (χ4v) is 4.24. The minimum atomic E-state index is 0. The molecule has 30 heavy (non-hydrogen) atoms. The van der Waals surface area contributed by atoms with Crippen molar-refractivity contribution in [3.63, 3.8) is 0 Å². The van der Waals surface area contributed by atoms with Crippen LogP contribution in [0.1, 0.15) is 35.8 Å². The number of aryl methyl sites for hydroxylation is 1. The number of para-hydroxylation sites is 1. The first-order valence-electron chi connectivity index (χ1n) is 10.5. The van der Waals surface area contributed by atoms with Crippen LogP contribution >= 0.6 is 24.0 Å². The molecule has 1 fully saturated rings. The fourth-order valence-electron chi connectivity index (χ4n) is 4.24. The summed E-state index contributed by atoms with van der Waals surface area (Å²) in [5.41, 5.74) is 3.85. The van der Waals surface area contributed by atoms with Crippen molar-refractivity contribution in [2.24, 2.45) is 4.99 Å². The van der Waals surface area contributed by atoms with Crippen molar-refractivity contribution < 1.29 is 4.42 Å². The number of H-pyrrole nitrogens is 1. The van der Waals surface area contributed by atoms with E-state index in [1.54, 1.807) is 6.26 Å². The van der Waals surface area contributed by atoms with Gasteiger partial charge in [0.25, 0.3) is 0 Å². The Kier molecular flexibility index (Phi) is 8.21. The minimum Gasteiger partial charge on any atom is -0.468 e. The predicted octanol–water partition coefficient (Wildman–Crippen LogP) is 4.23. The summed E-state index contributed by atoms with van der Waals surface area (Å²) in [6.07, 6.45) is 7.34. The van der Waals surface area contributed by atoms with Crippen LogP contribution in [0.2, 0.25) is 0 Å². The highest BCUT2D eigenvalue weighted by atomic mass is 127. The zero-order chi connectivity index (χ0) is 20.1. The molecule has 2 aromatic heterocycles. The fraction of sp³-hybridized carbons (Fsp3) is 0.435. The SMILES string of the molecule is CN=C(NCCc1c[nH]c2c(C)cccc12)NCC(c1ccco1)N1CCCC1.I. The maximum absolute atomic E-state index is 5.71. The topological polar surface area (TPSA) is 68.6 Å².